The second-order valence-electron chi connectivity index (χ2n) is 13.9. The summed E-state index contributed by atoms with van der Waals surface area (Å²) in [6.07, 6.45) is 0. The Balaban J connectivity index is 1.28. The van der Waals surface area contributed by atoms with E-state index in [1.54, 1.807) is 36.4 Å². The first-order valence-electron chi connectivity index (χ1n) is 18.9. The summed E-state index contributed by atoms with van der Waals surface area (Å²) in [5.74, 6) is -2.26. The maximum absolute atomic E-state index is 13.1. The number of phenols is 1. The lowest BCUT2D eigenvalue weighted by Crippen LogP contribution is -2.12. The third kappa shape index (κ3) is 12.9. The molecule has 32 heteroatoms. The number of fused-ring (bicyclic) bond motifs is 1. The van der Waals surface area contributed by atoms with Crippen LogP contribution in [0.2, 0.25) is 0 Å². The van der Waals surface area contributed by atoms with Gasteiger partial charge in [0, 0.05) is 16.9 Å². The third-order valence-electron chi connectivity index (χ3n) is 9.32. The molecule has 6 rings (SSSR count). The number of hydrogen-bond donors (Lipinski definition) is 9. The molecular formula is C38H34N10O17S5. The number of nitrogen functional groups attached to an aromatic ring is 3. The molecule has 1 amide bonds. The Hall–Kier alpha value is -6.76. The van der Waals surface area contributed by atoms with Gasteiger partial charge in [-0.15, -0.1) is 29.1 Å². The zero-order valence-corrected chi connectivity index (χ0v) is 39.2. The number of carbonyl (C=O) groups excluding carboxylic acids is 1. The number of aryl methyl sites for hydroxylation is 1. The lowest BCUT2D eigenvalue weighted by Gasteiger charge is -2.14. The second-order valence-corrected chi connectivity index (χ2v) is 20.0. The highest BCUT2D eigenvalue weighted by atomic mass is 32.2. The Morgan fingerprint density at radius 3 is 1.94 bits per heavy atom. The van der Waals surface area contributed by atoms with Gasteiger partial charge in [0.15, 0.2) is 27.9 Å². The lowest BCUT2D eigenvalue weighted by molar-refractivity contribution is -0.434. The second kappa shape index (κ2) is 22.3. The van der Waals surface area contributed by atoms with Crippen molar-refractivity contribution in [2.75, 3.05) is 34.9 Å². The summed E-state index contributed by atoms with van der Waals surface area (Å²) < 4.78 is 109. The molecule has 0 spiro atoms. The van der Waals surface area contributed by atoms with Gasteiger partial charge in [-0.05, 0) is 109 Å². The van der Waals surface area contributed by atoms with Gasteiger partial charge in [0.05, 0.1) is 62.3 Å². The number of amides is 1. The monoisotopic (exact) mass is 1060 g/mol. The van der Waals surface area contributed by atoms with E-state index in [0.29, 0.717) is 34.5 Å². The number of carbonyl (C=O) groups is 1. The van der Waals surface area contributed by atoms with Gasteiger partial charge in [-0.3, -0.25) is 18.1 Å². The Morgan fingerprint density at radius 1 is 0.686 bits per heavy atom. The normalized spacial score (nSPS) is 12.5. The molecule has 0 unspecified atom stereocenters. The highest BCUT2D eigenvalue weighted by Gasteiger charge is 2.27. The minimum Gasteiger partial charge on any atom is -0.505 e. The molecule has 0 atom stereocenters. The molecule has 368 valence electrons. The molecule has 27 nitrogen and oxygen atoms in total. The highest BCUT2D eigenvalue weighted by molar-refractivity contribution is 7.94. The summed E-state index contributed by atoms with van der Waals surface area (Å²) in [4.78, 5) is 10.2. The van der Waals surface area contributed by atoms with E-state index >= 15 is 0 Å². The van der Waals surface area contributed by atoms with Gasteiger partial charge in [0.25, 0.3) is 26.1 Å². The summed E-state index contributed by atoms with van der Waals surface area (Å²) in [5.41, 5.74) is 18.9. The average Bonchev–Trinajstić information content (AvgIpc) is 3.30. The van der Waals surface area contributed by atoms with Crippen LogP contribution < -0.4 is 22.5 Å². The van der Waals surface area contributed by atoms with Crippen molar-refractivity contribution >= 4 is 128 Å². The number of anilines is 4. The highest BCUT2D eigenvalue weighted by Crippen LogP contribution is 2.49. The number of phenolic OH excluding ortho intramolecular Hbond substituents is 1. The number of rotatable bonds is 20. The van der Waals surface area contributed by atoms with Crippen LogP contribution in [0.4, 0.5) is 56.9 Å². The first kappa shape index (κ1) is 52.6. The van der Waals surface area contributed by atoms with Crippen molar-refractivity contribution in [3.63, 3.8) is 0 Å². The third-order valence-corrected chi connectivity index (χ3v) is 13.7. The Kier molecular flexibility index (Phi) is 16.8. The fraction of sp³-hybridized carbons (Fsp3) is 0.0789. The van der Waals surface area contributed by atoms with E-state index in [-0.39, 0.29) is 51.3 Å². The number of nitrogens with one attached hydrogen (secondary N) is 1. The molecule has 12 N–H and O–H groups in total. The molecule has 0 aliphatic heterocycles. The van der Waals surface area contributed by atoms with Crippen molar-refractivity contribution in [2.24, 2.45) is 30.7 Å². The molecule has 0 saturated carbocycles. The molecule has 6 aromatic carbocycles. The van der Waals surface area contributed by atoms with E-state index in [1.165, 1.54) is 24.3 Å². The fourth-order valence-corrected chi connectivity index (χ4v) is 9.28. The number of nitrogens with zero attached hydrogens (tertiary/aromatic N) is 6. The van der Waals surface area contributed by atoms with Gasteiger partial charge in [0.2, 0.25) is 0 Å². The van der Waals surface area contributed by atoms with Crippen LogP contribution in [0.1, 0.15) is 15.9 Å². The Morgan fingerprint density at radius 2 is 1.30 bits per heavy atom. The molecule has 0 saturated heterocycles. The van der Waals surface area contributed by atoms with Crippen LogP contribution in [0.5, 0.6) is 5.75 Å². The van der Waals surface area contributed by atoms with Crippen LogP contribution in [0.3, 0.4) is 0 Å². The van der Waals surface area contributed by atoms with E-state index in [0.717, 1.165) is 29.8 Å². The molecule has 0 aromatic heterocycles. The van der Waals surface area contributed by atoms with Gasteiger partial charge in [-0.2, -0.15) is 27.1 Å². The van der Waals surface area contributed by atoms with Crippen LogP contribution in [-0.4, -0.2) is 68.2 Å². The largest absolute Gasteiger partial charge is 0.505 e. The van der Waals surface area contributed by atoms with E-state index in [1.807, 2.05) is 6.92 Å². The van der Waals surface area contributed by atoms with Gasteiger partial charge >= 0.3 is 0 Å². The van der Waals surface area contributed by atoms with Gasteiger partial charge in [-0.1, -0.05) is 10.1 Å². The number of benzene rings is 6. The quantitative estimate of drug-likeness (QED) is 0.00655. The average molecular weight is 1060 g/mol. The molecule has 0 heterocycles. The number of sulfone groups is 1. The number of aromatic hydroxyl groups is 1. The lowest BCUT2D eigenvalue weighted by atomic mass is 10.1. The molecular weight excluding hydrogens is 1030 g/mol. The molecule has 6 aromatic rings. The number of azo groups is 3. The van der Waals surface area contributed by atoms with Crippen molar-refractivity contribution in [3.8, 4) is 5.75 Å². The Bertz CT molecular complexity index is 3400. The molecule has 0 bridgehead atoms. The molecule has 0 aliphatic carbocycles. The zero-order chi connectivity index (χ0) is 51.0. The fourth-order valence-electron chi connectivity index (χ4n) is 5.96. The molecule has 0 fully saturated rings. The minimum atomic E-state index is -5.22. The maximum Gasteiger partial charge on any atom is 0.296 e. The molecule has 70 heavy (non-hydrogen) atoms. The van der Waals surface area contributed by atoms with Crippen molar-refractivity contribution in [2.45, 2.75) is 26.5 Å². The zero-order valence-electron chi connectivity index (χ0n) is 35.2. The summed E-state index contributed by atoms with van der Waals surface area (Å²) in [6, 6.07) is 19.4. The summed E-state index contributed by atoms with van der Waals surface area (Å²) in [5, 5.41) is 61.5. The van der Waals surface area contributed by atoms with Crippen molar-refractivity contribution in [3.05, 3.63) is 102 Å². The summed E-state index contributed by atoms with van der Waals surface area (Å²) in [7, 11) is -14.7. The SMILES string of the molecule is Cc1cc(/N=N/c2ccc(NC(=O)c3ccc(/N=N/c4c(S(=O)(=O)O)cc5cc(SOOO)c(/N=N/c6ccc(S(=O)(=O)CCOSOOO)cc6S(=O)(=O)O)c(N)c5c4O)cc3)cc2)c(N)cc1N. The van der Waals surface area contributed by atoms with Crippen molar-refractivity contribution in [1.29, 1.82) is 0 Å². The van der Waals surface area contributed by atoms with Crippen LogP contribution in [0.15, 0.2) is 141 Å². The van der Waals surface area contributed by atoms with Gasteiger partial charge in [-0.25, -0.2) is 18.9 Å². The predicted octanol–water partition coefficient (Wildman–Crippen LogP) is 8.80. The predicted molar refractivity (Wildman–Crippen MR) is 251 cm³/mol. The van der Waals surface area contributed by atoms with E-state index in [9.17, 15) is 44.3 Å². The molecule has 0 radical (unpaired) electrons. The number of hydrogen-bond acceptors (Lipinski definition) is 26. The summed E-state index contributed by atoms with van der Waals surface area (Å²) in [6.45, 7) is 1.27. The van der Waals surface area contributed by atoms with Crippen molar-refractivity contribution < 1.29 is 77.7 Å². The maximum atomic E-state index is 13.1. The topological polar surface area (TPSA) is 431 Å². The van der Waals surface area contributed by atoms with E-state index in [2.05, 4.69) is 54.7 Å². The first-order valence-corrected chi connectivity index (χ1v) is 24.8. The smallest absolute Gasteiger partial charge is 0.296 e. The molecule has 0 aliphatic rings. The minimum absolute atomic E-state index is 0.0305. The first-order chi connectivity index (χ1) is 33.1. The standard InChI is InChI=1S/C38H34N10O17S5/c1-19-14-29(27(40)18-26(19)39)46-43-24-8-6-22(7-9-24)42-38(50)20-2-4-23(5-3-20)44-48-36-32(70(58,59)60)16-21-15-30(66-64-62-51)35(34(41)33(21)37(36)49)47-45-28-11-10-25(17-31(28)69(55,56)57)68(53,54)13-12-61-67-65-63-52/h2-11,14-18,49,51-52H,12-13,39-41H2,1H3,(H,42,50)(H,55,56,57)(H,58,59,60)/b46-43+,47-45+,48-44+. The van der Waals surface area contributed by atoms with Crippen LogP contribution in [-0.2, 0) is 53.0 Å². The Labute approximate surface area is 403 Å². The van der Waals surface area contributed by atoms with Gasteiger partial charge in [0.1, 0.15) is 32.5 Å². The van der Waals surface area contributed by atoms with Crippen molar-refractivity contribution in [1.82, 2.24) is 0 Å². The van der Waals surface area contributed by atoms with E-state index < -0.39 is 91.5 Å². The van der Waals surface area contributed by atoms with Crippen LogP contribution >= 0.6 is 24.4 Å². The van der Waals surface area contributed by atoms with Gasteiger partial charge < -0.3 is 27.6 Å². The van der Waals surface area contributed by atoms with Crippen LogP contribution in [0, 0.1) is 6.92 Å². The van der Waals surface area contributed by atoms with Crippen LogP contribution in [0.25, 0.3) is 10.8 Å². The van der Waals surface area contributed by atoms with E-state index in [4.69, 9.17) is 31.9 Å². The number of nitrogens with two attached hydrogens (primary N) is 3. The summed E-state index contributed by atoms with van der Waals surface area (Å²) >= 11 is 0.295.